The molecule has 150 valence electrons. The maximum atomic E-state index is 12.7. The van der Waals surface area contributed by atoms with Gasteiger partial charge in [-0.15, -0.1) is 12.4 Å². The summed E-state index contributed by atoms with van der Waals surface area (Å²) in [6, 6.07) is 4.63. The number of rotatable bonds is 5. The van der Waals surface area contributed by atoms with E-state index in [9.17, 15) is 9.59 Å². The summed E-state index contributed by atoms with van der Waals surface area (Å²) < 4.78 is 11.0. The van der Waals surface area contributed by atoms with Gasteiger partial charge in [-0.05, 0) is 32.0 Å². The van der Waals surface area contributed by atoms with Crippen LogP contribution in [0.2, 0.25) is 0 Å². The molecular weight excluding hydrogens is 372 g/mol. The lowest BCUT2D eigenvalue weighted by Crippen LogP contribution is -2.49. The number of hydrogen-bond acceptors (Lipinski definition) is 5. The fourth-order valence-corrected chi connectivity index (χ4v) is 3.23. The standard InChI is InChI=1S/C18H26N4O4.ClH/c1-19-7-9-21(2)17(23)14-4-3-8-22(14)18(24)20-13-5-6-15-16(12-13)26-11-10-25-15;/h5-6,12,14,19H,3-4,7-11H2,1-2H3,(H,20,24);1H/t14-;/m0./s1. The van der Waals surface area contributed by atoms with Crippen LogP contribution in [0.5, 0.6) is 11.5 Å². The fourth-order valence-electron chi connectivity index (χ4n) is 3.23. The molecule has 1 aromatic rings. The molecule has 2 aliphatic heterocycles. The van der Waals surface area contributed by atoms with Gasteiger partial charge in [-0.3, -0.25) is 4.79 Å². The van der Waals surface area contributed by atoms with E-state index in [-0.39, 0.29) is 24.3 Å². The summed E-state index contributed by atoms with van der Waals surface area (Å²) in [7, 11) is 3.62. The molecule has 1 aromatic carbocycles. The van der Waals surface area contributed by atoms with Crippen LogP contribution in [0.25, 0.3) is 0 Å². The summed E-state index contributed by atoms with van der Waals surface area (Å²) in [5, 5.41) is 5.90. The lowest BCUT2D eigenvalue weighted by molar-refractivity contribution is -0.133. The minimum atomic E-state index is -0.408. The first-order valence-corrected chi connectivity index (χ1v) is 8.97. The molecule has 3 rings (SSSR count). The van der Waals surface area contributed by atoms with E-state index in [0.717, 1.165) is 13.0 Å². The van der Waals surface area contributed by atoms with Crippen LogP contribution in [-0.2, 0) is 4.79 Å². The van der Waals surface area contributed by atoms with Gasteiger partial charge in [0.2, 0.25) is 5.91 Å². The molecule has 0 bridgehead atoms. The Morgan fingerprint density at radius 3 is 2.74 bits per heavy atom. The zero-order valence-corrected chi connectivity index (χ0v) is 16.5. The number of benzene rings is 1. The molecule has 0 saturated carbocycles. The van der Waals surface area contributed by atoms with Crippen LogP contribution in [0.3, 0.4) is 0 Å². The summed E-state index contributed by atoms with van der Waals surface area (Å²) >= 11 is 0. The number of halogens is 1. The van der Waals surface area contributed by atoms with Crippen LogP contribution >= 0.6 is 12.4 Å². The molecule has 0 aromatic heterocycles. The van der Waals surface area contributed by atoms with E-state index in [1.165, 1.54) is 0 Å². The molecule has 9 heteroatoms. The van der Waals surface area contributed by atoms with E-state index in [1.54, 1.807) is 35.0 Å². The van der Waals surface area contributed by atoms with E-state index in [2.05, 4.69) is 10.6 Å². The lowest BCUT2D eigenvalue weighted by Gasteiger charge is -2.28. The number of fused-ring (bicyclic) bond motifs is 1. The molecule has 0 radical (unpaired) electrons. The number of likely N-dealkylation sites (N-methyl/N-ethyl adjacent to an activating group) is 2. The van der Waals surface area contributed by atoms with Crippen molar-refractivity contribution in [1.29, 1.82) is 0 Å². The van der Waals surface area contributed by atoms with Gasteiger partial charge in [0.1, 0.15) is 19.3 Å². The number of carbonyl (C=O) groups is 2. The minimum Gasteiger partial charge on any atom is -0.486 e. The molecule has 0 aliphatic carbocycles. The Bertz CT molecular complexity index is 673. The molecule has 1 fully saturated rings. The first kappa shape index (κ1) is 21.1. The van der Waals surface area contributed by atoms with E-state index < -0.39 is 6.04 Å². The smallest absolute Gasteiger partial charge is 0.322 e. The third kappa shape index (κ3) is 4.95. The Labute approximate surface area is 165 Å². The number of carbonyl (C=O) groups excluding carboxylic acids is 2. The van der Waals surface area contributed by atoms with Crippen LogP contribution in [-0.4, -0.2) is 74.7 Å². The molecule has 2 aliphatic rings. The fraction of sp³-hybridized carbons (Fsp3) is 0.556. The first-order valence-electron chi connectivity index (χ1n) is 8.97. The molecule has 3 amide bonds. The zero-order valence-electron chi connectivity index (χ0n) is 15.7. The van der Waals surface area contributed by atoms with E-state index in [4.69, 9.17) is 9.47 Å². The maximum Gasteiger partial charge on any atom is 0.322 e. The lowest BCUT2D eigenvalue weighted by atomic mass is 10.2. The van der Waals surface area contributed by atoms with Crippen molar-refractivity contribution >= 4 is 30.0 Å². The maximum absolute atomic E-state index is 12.7. The Balaban J connectivity index is 0.00000261. The van der Waals surface area contributed by atoms with E-state index >= 15 is 0 Å². The zero-order chi connectivity index (χ0) is 18.5. The van der Waals surface area contributed by atoms with Crippen molar-refractivity contribution in [3.8, 4) is 11.5 Å². The predicted molar refractivity (Wildman–Crippen MR) is 105 cm³/mol. The average molecular weight is 399 g/mol. The second-order valence-corrected chi connectivity index (χ2v) is 6.50. The average Bonchev–Trinajstić information content (AvgIpc) is 3.15. The SMILES string of the molecule is CNCCN(C)C(=O)[C@@H]1CCCN1C(=O)Nc1ccc2c(c1)OCCO2.Cl. The van der Waals surface area contributed by atoms with E-state index in [0.29, 0.717) is 49.9 Å². The van der Waals surface area contributed by atoms with Crippen molar-refractivity contribution in [3.63, 3.8) is 0 Å². The molecular formula is C18H27ClN4O4. The monoisotopic (exact) mass is 398 g/mol. The number of likely N-dealkylation sites (tertiary alicyclic amines) is 1. The second kappa shape index (κ2) is 9.66. The van der Waals surface area contributed by atoms with Crippen molar-refractivity contribution in [2.75, 3.05) is 52.3 Å². The number of ether oxygens (including phenoxy) is 2. The predicted octanol–water partition coefficient (Wildman–Crippen LogP) is 1.55. The van der Waals surface area contributed by atoms with Crippen molar-refractivity contribution in [3.05, 3.63) is 18.2 Å². The minimum absolute atomic E-state index is 0. The molecule has 1 saturated heterocycles. The molecule has 8 nitrogen and oxygen atoms in total. The number of hydrogen-bond donors (Lipinski definition) is 2. The summed E-state index contributed by atoms with van der Waals surface area (Å²) in [6.07, 6.45) is 1.52. The van der Waals surface area contributed by atoms with Gasteiger partial charge in [0, 0.05) is 38.4 Å². The van der Waals surface area contributed by atoms with Gasteiger partial charge >= 0.3 is 6.03 Å². The molecule has 2 heterocycles. The summed E-state index contributed by atoms with van der Waals surface area (Å²) in [5.41, 5.74) is 0.626. The number of urea groups is 1. The van der Waals surface area contributed by atoms with Crippen LogP contribution < -0.4 is 20.1 Å². The highest BCUT2D eigenvalue weighted by molar-refractivity contribution is 5.94. The van der Waals surface area contributed by atoms with E-state index in [1.807, 2.05) is 7.05 Å². The quantitative estimate of drug-likeness (QED) is 0.786. The van der Waals surface area contributed by atoms with Crippen molar-refractivity contribution in [2.45, 2.75) is 18.9 Å². The number of nitrogens with zero attached hydrogens (tertiary/aromatic N) is 2. The van der Waals surface area contributed by atoms with Crippen LogP contribution in [0.4, 0.5) is 10.5 Å². The van der Waals surface area contributed by atoms with Gasteiger partial charge in [0.15, 0.2) is 11.5 Å². The summed E-state index contributed by atoms with van der Waals surface area (Å²) in [5.74, 6) is 1.28. The molecule has 27 heavy (non-hydrogen) atoms. The number of amides is 3. The van der Waals surface area contributed by atoms with Gasteiger partial charge in [-0.2, -0.15) is 0 Å². The second-order valence-electron chi connectivity index (χ2n) is 6.50. The van der Waals surface area contributed by atoms with Crippen LogP contribution in [0.1, 0.15) is 12.8 Å². The Morgan fingerprint density at radius 2 is 2.00 bits per heavy atom. The molecule has 0 spiro atoms. The highest BCUT2D eigenvalue weighted by Crippen LogP contribution is 2.33. The number of nitrogens with one attached hydrogen (secondary N) is 2. The molecule has 2 N–H and O–H groups in total. The van der Waals surface area contributed by atoms with Gasteiger partial charge in [-0.25, -0.2) is 4.79 Å². The number of anilines is 1. The largest absolute Gasteiger partial charge is 0.486 e. The Hall–Kier alpha value is -2.19. The van der Waals surface area contributed by atoms with Gasteiger partial charge in [-0.1, -0.05) is 0 Å². The summed E-state index contributed by atoms with van der Waals surface area (Å²) in [6.45, 7) is 2.93. The topological polar surface area (TPSA) is 83.1 Å². The molecule has 0 unspecified atom stereocenters. The summed E-state index contributed by atoms with van der Waals surface area (Å²) in [4.78, 5) is 28.6. The third-order valence-electron chi connectivity index (χ3n) is 4.67. The highest BCUT2D eigenvalue weighted by atomic mass is 35.5. The van der Waals surface area contributed by atoms with Crippen LogP contribution in [0.15, 0.2) is 18.2 Å². The highest BCUT2D eigenvalue weighted by Gasteiger charge is 2.35. The molecule has 1 atom stereocenters. The Kier molecular flexibility index (Phi) is 7.55. The van der Waals surface area contributed by atoms with Crippen molar-refractivity contribution in [1.82, 2.24) is 15.1 Å². The van der Waals surface area contributed by atoms with Gasteiger partial charge < -0.3 is 29.9 Å². The third-order valence-corrected chi connectivity index (χ3v) is 4.67. The van der Waals surface area contributed by atoms with Crippen LogP contribution in [0, 0.1) is 0 Å². The van der Waals surface area contributed by atoms with Crippen molar-refractivity contribution in [2.24, 2.45) is 0 Å². The first-order chi connectivity index (χ1) is 12.6. The van der Waals surface area contributed by atoms with Gasteiger partial charge in [0.05, 0.1) is 0 Å². The van der Waals surface area contributed by atoms with Crippen molar-refractivity contribution < 1.29 is 19.1 Å². The van der Waals surface area contributed by atoms with Gasteiger partial charge in [0.25, 0.3) is 0 Å². The Morgan fingerprint density at radius 1 is 1.26 bits per heavy atom. The normalized spacial score (nSPS) is 17.9.